The average Bonchev–Trinajstić information content (AvgIpc) is 3.24. The fourth-order valence-electron chi connectivity index (χ4n) is 2.81. The molecule has 1 aliphatic carbocycles. The van der Waals surface area contributed by atoms with E-state index in [9.17, 15) is 14.9 Å². The maximum atomic E-state index is 12.3. The molecule has 2 heterocycles. The van der Waals surface area contributed by atoms with Crippen molar-refractivity contribution in [1.82, 2.24) is 15.2 Å². The molecular weight excluding hydrogens is 272 g/mol. The van der Waals surface area contributed by atoms with E-state index in [0.717, 1.165) is 25.8 Å². The van der Waals surface area contributed by atoms with Gasteiger partial charge in [-0.1, -0.05) is 6.42 Å². The Labute approximate surface area is 122 Å². The quantitative estimate of drug-likeness (QED) is 0.637. The third-order valence-corrected chi connectivity index (χ3v) is 4.14. The summed E-state index contributed by atoms with van der Waals surface area (Å²) in [6.07, 6.45) is 6.86. The lowest BCUT2D eigenvalue weighted by atomic mass is 10.1. The molecule has 2 fully saturated rings. The maximum absolute atomic E-state index is 12.3. The van der Waals surface area contributed by atoms with E-state index in [-0.39, 0.29) is 17.6 Å². The molecule has 0 spiro atoms. The molecule has 1 aromatic heterocycles. The Balaban J connectivity index is 1.66. The van der Waals surface area contributed by atoms with Crippen LogP contribution in [0.1, 0.15) is 48.6 Å². The number of hydrogen-bond donors (Lipinski definition) is 2. The Bertz CT molecular complexity index is 544. The van der Waals surface area contributed by atoms with E-state index < -0.39 is 4.92 Å². The number of nitro groups is 1. The van der Waals surface area contributed by atoms with Crippen LogP contribution in [0.15, 0.2) is 12.3 Å². The van der Waals surface area contributed by atoms with Crippen LogP contribution < -0.4 is 10.6 Å². The highest BCUT2D eigenvalue weighted by Gasteiger charge is 2.30. The van der Waals surface area contributed by atoms with Gasteiger partial charge >= 0.3 is 0 Å². The zero-order chi connectivity index (χ0) is 14.8. The van der Waals surface area contributed by atoms with E-state index in [1.54, 1.807) is 4.57 Å². The Morgan fingerprint density at radius 1 is 1.43 bits per heavy atom. The van der Waals surface area contributed by atoms with Gasteiger partial charge < -0.3 is 15.2 Å². The monoisotopic (exact) mass is 292 g/mol. The van der Waals surface area contributed by atoms with Crippen molar-refractivity contribution in [2.75, 3.05) is 13.1 Å². The summed E-state index contributed by atoms with van der Waals surface area (Å²) in [5.41, 5.74) is 0.392. The van der Waals surface area contributed by atoms with Gasteiger partial charge in [0.05, 0.1) is 11.1 Å². The molecule has 0 bridgehead atoms. The number of carbonyl (C=O) groups is 1. The summed E-state index contributed by atoms with van der Waals surface area (Å²) in [5.74, 6) is -0.220. The number of carbonyl (C=O) groups excluding carboxylic acids is 1. The van der Waals surface area contributed by atoms with Crippen LogP contribution in [0.25, 0.3) is 0 Å². The first kappa shape index (κ1) is 14.1. The van der Waals surface area contributed by atoms with Crippen molar-refractivity contribution < 1.29 is 9.72 Å². The molecule has 2 aliphatic rings. The summed E-state index contributed by atoms with van der Waals surface area (Å²) >= 11 is 0. The second kappa shape index (κ2) is 5.85. The number of nitrogens with one attached hydrogen (secondary N) is 2. The first-order valence-corrected chi connectivity index (χ1v) is 7.53. The van der Waals surface area contributed by atoms with Crippen molar-refractivity contribution in [2.24, 2.45) is 0 Å². The van der Waals surface area contributed by atoms with E-state index >= 15 is 0 Å². The van der Waals surface area contributed by atoms with E-state index in [0.29, 0.717) is 18.3 Å². The lowest BCUT2D eigenvalue weighted by Gasteiger charge is -2.23. The highest BCUT2D eigenvalue weighted by atomic mass is 16.6. The molecule has 0 aromatic carbocycles. The highest BCUT2D eigenvalue weighted by molar-refractivity contribution is 5.93. The van der Waals surface area contributed by atoms with Crippen LogP contribution >= 0.6 is 0 Å². The summed E-state index contributed by atoms with van der Waals surface area (Å²) in [4.78, 5) is 22.7. The molecule has 7 nitrogen and oxygen atoms in total. The van der Waals surface area contributed by atoms with Gasteiger partial charge in [0, 0.05) is 24.7 Å². The number of nitrogens with zero attached hydrogens (tertiary/aromatic N) is 2. The van der Waals surface area contributed by atoms with Crippen LogP contribution in [0.5, 0.6) is 0 Å². The molecule has 1 aliphatic heterocycles. The van der Waals surface area contributed by atoms with Crippen LogP contribution in [0, 0.1) is 10.1 Å². The Morgan fingerprint density at radius 2 is 2.24 bits per heavy atom. The molecule has 3 rings (SSSR count). The normalized spacial score (nSPS) is 22.0. The molecule has 7 heteroatoms. The lowest BCUT2D eigenvalue weighted by Crippen LogP contribution is -2.43. The number of hydrogen-bond acceptors (Lipinski definition) is 4. The van der Waals surface area contributed by atoms with Gasteiger partial charge in [0.25, 0.3) is 11.6 Å². The van der Waals surface area contributed by atoms with Gasteiger partial charge in [0.2, 0.25) is 0 Å². The highest BCUT2D eigenvalue weighted by Crippen LogP contribution is 2.37. The summed E-state index contributed by atoms with van der Waals surface area (Å²) in [7, 11) is 0. The molecule has 1 saturated carbocycles. The van der Waals surface area contributed by atoms with Crippen molar-refractivity contribution in [2.45, 2.75) is 44.2 Å². The van der Waals surface area contributed by atoms with Crippen LogP contribution in [-0.4, -0.2) is 34.5 Å². The van der Waals surface area contributed by atoms with Crippen molar-refractivity contribution in [1.29, 1.82) is 0 Å². The lowest BCUT2D eigenvalue weighted by molar-refractivity contribution is -0.384. The third-order valence-electron chi connectivity index (χ3n) is 4.14. The molecule has 1 saturated heterocycles. The molecule has 114 valence electrons. The smallest absolute Gasteiger partial charge is 0.287 e. The van der Waals surface area contributed by atoms with E-state index in [1.165, 1.54) is 25.1 Å². The predicted molar refractivity (Wildman–Crippen MR) is 77.3 cm³/mol. The van der Waals surface area contributed by atoms with Crippen molar-refractivity contribution >= 4 is 11.6 Å². The van der Waals surface area contributed by atoms with Gasteiger partial charge in [0.1, 0.15) is 5.69 Å². The van der Waals surface area contributed by atoms with Crippen molar-refractivity contribution in [3.8, 4) is 0 Å². The largest absolute Gasteiger partial charge is 0.349 e. The van der Waals surface area contributed by atoms with Crippen molar-refractivity contribution in [3.63, 3.8) is 0 Å². The van der Waals surface area contributed by atoms with Crippen LogP contribution in [0.2, 0.25) is 0 Å². The molecule has 2 N–H and O–H groups in total. The number of amides is 1. The number of rotatable bonds is 5. The van der Waals surface area contributed by atoms with Gasteiger partial charge in [-0.3, -0.25) is 14.9 Å². The molecule has 1 aromatic rings. The topological polar surface area (TPSA) is 89.2 Å². The summed E-state index contributed by atoms with van der Waals surface area (Å²) in [6.45, 7) is 1.56. The Hall–Kier alpha value is -1.89. The molecule has 1 atom stereocenters. The van der Waals surface area contributed by atoms with E-state index in [1.807, 2.05) is 0 Å². The van der Waals surface area contributed by atoms with E-state index in [2.05, 4.69) is 10.6 Å². The van der Waals surface area contributed by atoms with Gasteiger partial charge in [-0.25, -0.2) is 0 Å². The summed E-state index contributed by atoms with van der Waals surface area (Å²) in [5, 5.41) is 17.2. The number of piperidine rings is 1. The first-order chi connectivity index (χ1) is 10.1. The molecule has 1 amide bonds. The molecular formula is C14H20N4O3. The Kier molecular flexibility index (Phi) is 3.92. The SMILES string of the molecule is O=C(NCC1CCCCN1)c1cc([N+](=O)[O-])cn1C1CC1. The predicted octanol–water partition coefficient (Wildman–Crippen LogP) is 1.60. The minimum absolute atomic E-state index is 0.0113. The van der Waals surface area contributed by atoms with Crippen LogP contribution in [0.4, 0.5) is 5.69 Å². The minimum atomic E-state index is -0.446. The van der Waals surface area contributed by atoms with E-state index in [4.69, 9.17) is 0 Å². The molecule has 21 heavy (non-hydrogen) atoms. The standard InChI is InChI=1S/C14H20N4O3/c19-14(16-8-10-3-1-2-6-15-10)13-7-12(18(20)21)9-17(13)11-4-5-11/h7,9-11,15H,1-6,8H2,(H,16,19). The fraction of sp³-hybridized carbons (Fsp3) is 0.643. The Morgan fingerprint density at radius 3 is 2.86 bits per heavy atom. The minimum Gasteiger partial charge on any atom is -0.349 e. The van der Waals surface area contributed by atoms with Gasteiger partial charge in [-0.15, -0.1) is 0 Å². The molecule has 1 unspecified atom stereocenters. The average molecular weight is 292 g/mol. The maximum Gasteiger partial charge on any atom is 0.287 e. The third kappa shape index (κ3) is 3.24. The van der Waals surface area contributed by atoms with Gasteiger partial charge in [-0.05, 0) is 32.2 Å². The zero-order valence-electron chi connectivity index (χ0n) is 11.9. The van der Waals surface area contributed by atoms with Crippen LogP contribution in [-0.2, 0) is 0 Å². The molecule has 0 radical (unpaired) electrons. The fourth-order valence-corrected chi connectivity index (χ4v) is 2.81. The van der Waals surface area contributed by atoms with Gasteiger partial charge in [-0.2, -0.15) is 0 Å². The zero-order valence-corrected chi connectivity index (χ0v) is 11.9. The number of aromatic nitrogens is 1. The van der Waals surface area contributed by atoms with Crippen LogP contribution in [0.3, 0.4) is 0 Å². The van der Waals surface area contributed by atoms with Crippen molar-refractivity contribution in [3.05, 3.63) is 28.1 Å². The summed E-state index contributed by atoms with van der Waals surface area (Å²) in [6, 6.07) is 1.93. The summed E-state index contributed by atoms with van der Waals surface area (Å²) < 4.78 is 1.75. The first-order valence-electron chi connectivity index (χ1n) is 7.53. The second-order valence-corrected chi connectivity index (χ2v) is 5.84. The van der Waals surface area contributed by atoms with Gasteiger partial charge in [0.15, 0.2) is 0 Å². The second-order valence-electron chi connectivity index (χ2n) is 5.84.